The van der Waals surface area contributed by atoms with Gasteiger partial charge in [0.05, 0.1) is 12.5 Å². The summed E-state index contributed by atoms with van der Waals surface area (Å²) in [5.41, 5.74) is 6.63. The van der Waals surface area contributed by atoms with Crippen molar-refractivity contribution < 1.29 is 27.2 Å². The highest BCUT2D eigenvalue weighted by atomic mass is 32.2. The van der Waals surface area contributed by atoms with E-state index in [2.05, 4.69) is 5.32 Å². The Hall–Kier alpha value is -2.46. The van der Waals surface area contributed by atoms with Crippen LogP contribution in [0, 0.1) is 17.5 Å². The first-order chi connectivity index (χ1) is 13.8. The van der Waals surface area contributed by atoms with Crippen molar-refractivity contribution in [3.05, 3.63) is 59.3 Å². The van der Waals surface area contributed by atoms with Gasteiger partial charge in [0.1, 0.15) is 5.82 Å². The highest BCUT2D eigenvalue weighted by Gasteiger charge is 2.35. The number of benzene rings is 1. The summed E-state index contributed by atoms with van der Waals surface area (Å²) in [6.45, 7) is 0.670. The quantitative estimate of drug-likeness (QED) is 0.662. The van der Waals surface area contributed by atoms with Crippen LogP contribution in [0.25, 0.3) is 0 Å². The van der Waals surface area contributed by atoms with Crippen LogP contribution in [-0.4, -0.2) is 40.4 Å². The average Bonchev–Trinajstić information content (AvgIpc) is 3.35. The minimum absolute atomic E-state index is 0.102. The molecule has 29 heavy (non-hydrogen) atoms. The van der Waals surface area contributed by atoms with E-state index < -0.39 is 28.9 Å². The first-order valence-corrected chi connectivity index (χ1v) is 9.99. The standard InChI is InChI=1S/C19H20F3N3O3S/c20-14-8-16(22)15(21)6-12(14)5-13(23)7-17(26)25-2-4-29-19(25)18(27)24-9-11-1-3-28-10-11/h1,3,6,8,10,13,19H,2,4-5,7,9,23H2,(H,24,27)/t13-,19?/m1/s1. The van der Waals surface area contributed by atoms with E-state index in [-0.39, 0.29) is 36.8 Å². The summed E-state index contributed by atoms with van der Waals surface area (Å²) in [5, 5.41) is 2.07. The van der Waals surface area contributed by atoms with Crippen LogP contribution in [0.5, 0.6) is 0 Å². The third-order valence-corrected chi connectivity index (χ3v) is 5.69. The lowest BCUT2D eigenvalue weighted by atomic mass is 10.0. The molecular formula is C19H20F3N3O3S. The first kappa shape index (κ1) is 21.3. The maximum atomic E-state index is 13.8. The van der Waals surface area contributed by atoms with E-state index in [0.29, 0.717) is 18.4 Å². The van der Waals surface area contributed by atoms with E-state index in [1.807, 2.05) is 0 Å². The van der Waals surface area contributed by atoms with Gasteiger partial charge in [0.25, 0.3) is 5.91 Å². The van der Waals surface area contributed by atoms with E-state index >= 15 is 0 Å². The Morgan fingerprint density at radius 1 is 1.28 bits per heavy atom. The molecule has 2 atom stereocenters. The molecular weight excluding hydrogens is 407 g/mol. The highest BCUT2D eigenvalue weighted by molar-refractivity contribution is 8.00. The second-order valence-corrected chi connectivity index (χ2v) is 7.87. The lowest BCUT2D eigenvalue weighted by molar-refractivity contribution is -0.136. The van der Waals surface area contributed by atoms with Crippen LogP contribution in [0.1, 0.15) is 17.5 Å². The summed E-state index contributed by atoms with van der Waals surface area (Å²) in [6.07, 6.45) is 2.73. The fourth-order valence-electron chi connectivity index (χ4n) is 3.03. The number of nitrogens with two attached hydrogens (primary N) is 1. The van der Waals surface area contributed by atoms with E-state index in [1.54, 1.807) is 6.07 Å². The number of hydrogen-bond acceptors (Lipinski definition) is 5. The third-order valence-electron chi connectivity index (χ3n) is 4.49. The Morgan fingerprint density at radius 3 is 2.76 bits per heavy atom. The molecule has 3 N–H and O–H groups in total. The van der Waals surface area contributed by atoms with Gasteiger partial charge in [-0.25, -0.2) is 13.2 Å². The molecule has 156 valence electrons. The molecule has 1 saturated heterocycles. The molecule has 1 unspecified atom stereocenters. The molecule has 2 heterocycles. The first-order valence-electron chi connectivity index (χ1n) is 8.94. The molecule has 6 nitrogen and oxygen atoms in total. The second-order valence-electron chi connectivity index (χ2n) is 6.69. The molecule has 0 saturated carbocycles. The van der Waals surface area contributed by atoms with Crippen molar-refractivity contribution in [2.45, 2.75) is 30.8 Å². The minimum atomic E-state index is -1.28. The Kier molecular flexibility index (Phi) is 6.86. The predicted octanol–water partition coefficient (Wildman–Crippen LogP) is 2.17. The minimum Gasteiger partial charge on any atom is -0.472 e. The maximum Gasteiger partial charge on any atom is 0.253 e. The summed E-state index contributed by atoms with van der Waals surface area (Å²) < 4.78 is 45.1. The van der Waals surface area contributed by atoms with Crippen molar-refractivity contribution >= 4 is 23.6 Å². The smallest absolute Gasteiger partial charge is 0.253 e. The molecule has 2 aromatic rings. The van der Waals surface area contributed by atoms with Gasteiger partial charge in [0.2, 0.25) is 5.91 Å². The molecule has 2 amide bonds. The lowest BCUT2D eigenvalue weighted by Gasteiger charge is -2.24. The molecule has 1 fully saturated rings. The molecule has 3 rings (SSSR count). The van der Waals surface area contributed by atoms with Crippen LogP contribution in [0.15, 0.2) is 35.1 Å². The van der Waals surface area contributed by atoms with E-state index in [9.17, 15) is 22.8 Å². The summed E-state index contributed by atoms with van der Waals surface area (Å²) in [5.74, 6) is -3.43. The van der Waals surface area contributed by atoms with Crippen LogP contribution >= 0.6 is 11.8 Å². The summed E-state index contributed by atoms with van der Waals surface area (Å²) >= 11 is 1.34. The maximum absolute atomic E-state index is 13.8. The number of carbonyl (C=O) groups is 2. The van der Waals surface area contributed by atoms with Gasteiger partial charge in [-0.1, -0.05) is 0 Å². The Bertz CT molecular complexity index is 879. The van der Waals surface area contributed by atoms with Crippen molar-refractivity contribution in [2.24, 2.45) is 5.73 Å². The van der Waals surface area contributed by atoms with Gasteiger partial charge in [0.15, 0.2) is 17.0 Å². The SMILES string of the molecule is N[C@@H](CC(=O)N1CCSC1C(=O)NCc1ccoc1)Cc1cc(F)c(F)cc1F. The van der Waals surface area contributed by atoms with Crippen molar-refractivity contribution in [3.8, 4) is 0 Å². The zero-order valence-corrected chi connectivity index (χ0v) is 16.2. The number of rotatable bonds is 7. The van der Waals surface area contributed by atoms with Crippen LogP contribution in [-0.2, 0) is 22.6 Å². The van der Waals surface area contributed by atoms with Gasteiger partial charge in [-0.15, -0.1) is 11.8 Å². The Labute approximate surface area is 169 Å². The van der Waals surface area contributed by atoms with Crippen molar-refractivity contribution in [1.29, 1.82) is 0 Å². The zero-order valence-electron chi connectivity index (χ0n) is 15.4. The van der Waals surface area contributed by atoms with Crippen LogP contribution in [0.2, 0.25) is 0 Å². The fraction of sp³-hybridized carbons (Fsp3) is 0.368. The molecule has 0 aliphatic carbocycles. The van der Waals surface area contributed by atoms with Crippen LogP contribution in [0.4, 0.5) is 13.2 Å². The number of thioether (sulfide) groups is 1. The predicted molar refractivity (Wildman–Crippen MR) is 101 cm³/mol. The summed E-state index contributed by atoms with van der Waals surface area (Å²) in [4.78, 5) is 26.5. The molecule has 1 aliphatic heterocycles. The van der Waals surface area contributed by atoms with Crippen molar-refractivity contribution in [3.63, 3.8) is 0 Å². The second kappa shape index (κ2) is 9.36. The molecule has 1 aliphatic rings. The van der Waals surface area contributed by atoms with Gasteiger partial charge >= 0.3 is 0 Å². The number of nitrogens with one attached hydrogen (secondary N) is 1. The van der Waals surface area contributed by atoms with Gasteiger partial charge in [-0.3, -0.25) is 9.59 Å². The monoisotopic (exact) mass is 427 g/mol. The highest BCUT2D eigenvalue weighted by Crippen LogP contribution is 2.25. The van der Waals surface area contributed by atoms with E-state index in [4.69, 9.17) is 10.2 Å². The Balaban J connectivity index is 1.56. The molecule has 1 aromatic carbocycles. The number of nitrogens with zero attached hydrogens (tertiary/aromatic N) is 1. The van der Waals surface area contributed by atoms with Gasteiger partial charge in [-0.05, 0) is 24.1 Å². The van der Waals surface area contributed by atoms with Gasteiger partial charge < -0.3 is 20.4 Å². The number of halogens is 3. The molecule has 10 heteroatoms. The average molecular weight is 427 g/mol. The number of amides is 2. The van der Waals surface area contributed by atoms with E-state index in [1.165, 1.54) is 29.2 Å². The number of hydrogen-bond donors (Lipinski definition) is 2. The normalized spacial score (nSPS) is 17.4. The van der Waals surface area contributed by atoms with E-state index in [0.717, 1.165) is 11.6 Å². The van der Waals surface area contributed by atoms with Gasteiger partial charge in [0, 0.05) is 42.9 Å². The summed E-state index contributed by atoms with van der Waals surface area (Å²) in [6, 6.07) is 2.12. The molecule has 0 radical (unpaired) electrons. The number of carbonyl (C=O) groups excluding carboxylic acids is 2. The van der Waals surface area contributed by atoms with Crippen LogP contribution < -0.4 is 11.1 Å². The molecule has 0 bridgehead atoms. The largest absolute Gasteiger partial charge is 0.472 e. The third kappa shape index (κ3) is 5.33. The van der Waals surface area contributed by atoms with Crippen molar-refractivity contribution in [1.82, 2.24) is 10.2 Å². The summed E-state index contributed by atoms with van der Waals surface area (Å²) in [7, 11) is 0. The molecule has 0 spiro atoms. The van der Waals surface area contributed by atoms with Gasteiger partial charge in [-0.2, -0.15) is 0 Å². The zero-order chi connectivity index (χ0) is 21.0. The van der Waals surface area contributed by atoms with Crippen LogP contribution in [0.3, 0.4) is 0 Å². The fourth-order valence-corrected chi connectivity index (χ4v) is 4.19. The lowest BCUT2D eigenvalue weighted by Crippen LogP contribution is -2.46. The van der Waals surface area contributed by atoms with Crippen molar-refractivity contribution in [2.75, 3.05) is 12.3 Å². The molecule has 1 aromatic heterocycles. The number of furan rings is 1. The Morgan fingerprint density at radius 2 is 2.03 bits per heavy atom. The topological polar surface area (TPSA) is 88.6 Å².